The van der Waals surface area contributed by atoms with Crippen LogP contribution in [-0.2, 0) is 11.3 Å². The van der Waals surface area contributed by atoms with Gasteiger partial charge in [0.15, 0.2) is 6.29 Å². The summed E-state index contributed by atoms with van der Waals surface area (Å²) in [5, 5.41) is 9.85. The van der Waals surface area contributed by atoms with Gasteiger partial charge in [-0.3, -0.25) is 0 Å². The van der Waals surface area contributed by atoms with E-state index in [0.717, 1.165) is 48.3 Å². The lowest BCUT2D eigenvalue weighted by molar-refractivity contribution is -0.106. The fraction of sp³-hybridized carbons (Fsp3) is 0.400. The van der Waals surface area contributed by atoms with Crippen molar-refractivity contribution in [1.82, 2.24) is 0 Å². The molecule has 0 spiro atoms. The van der Waals surface area contributed by atoms with Crippen molar-refractivity contribution in [3.63, 3.8) is 0 Å². The molecular weight excluding hydrogens is 288 g/mol. The van der Waals surface area contributed by atoms with Crippen molar-refractivity contribution in [2.75, 3.05) is 6.61 Å². The Hall–Kier alpha value is -1.84. The number of aliphatic hydroxyl groups is 1. The van der Waals surface area contributed by atoms with Crippen LogP contribution >= 0.6 is 0 Å². The Kier molecular flexibility index (Phi) is 4.99. The topological polar surface area (TPSA) is 38.7 Å². The Morgan fingerprint density at radius 2 is 1.91 bits per heavy atom. The molecule has 0 amide bonds. The van der Waals surface area contributed by atoms with Gasteiger partial charge in [0.05, 0.1) is 13.2 Å². The van der Waals surface area contributed by atoms with Crippen LogP contribution < -0.4 is 4.74 Å². The predicted molar refractivity (Wildman–Crippen MR) is 91.5 cm³/mol. The fourth-order valence-corrected chi connectivity index (χ4v) is 3.15. The molecule has 2 aromatic carbocycles. The van der Waals surface area contributed by atoms with Gasteiger partial charge in [0.1, 0.15) is 5.75 Å². The predicted octanol–water partition coefficient (Wildman–Crippen LogP) is 4.37. The Morgan fingerprint density at radius 3 is 2.61 bits per heavy atom. The molecule has 1 aliphatic heterocycles. The molecule has 0 aliphatic carbocycles. The van der Waals surface area contributed by atoms with E-state index in [4.69, 9.17) is 9.47 Å². The van der Waals surface area contributed by atoms with Gasteiger partial charge in [-0.05, 0) is 55.0 Å². The average Bonchev–Trinajstić information content (AvgIpc) is 2.57. The zero-order valence-electron chi connectivity index (χ0n) is 13.8. The van der Waals surface area contributed by atoms with Crippen molar-refractivity contribution in [1.29, 1.82) is 0 Å². The molecule has 0 radical (unpaired) electrons. The number of benzene rings is 2. The number of rotatable bonds is 4. The first kappa shape index (κ1) is 16.0. The highest BCUT2D eigenvalue weighted by atomic mass is 16.7. The van der Waals surface area contributed by atoms with Crippen LogP contribution in [0.25, 0.3) is 11.1 Å². The first-order valence-corrected chi connectivity index (χ1v) is 8.28. The molecule has 1 heterocycles. The van der Waals surface area contributed by atoms with E-state index in [2.05, 4.69) is 25.1 Å². The van der Waals surface area contributed by atoms with Crippen LogP contribution in [0.2, 0.25) is 0 Å². The maximum Gasteiger partial charge on any atom is 0.199 e. The second-order valence-electron chi connectivity index (χ2n) is 6.10. The zero-order chi connectivity index (χ0) is 16.2. The molecule has 23 heavy (non-hydrogen) atoms. The SMILES string of the molecule is Cc1ccccc1-c1ccc(OC2CCCCO2)c(CO)c1C. The molecule has 3 heteroatoms. The van der Waals surface area contributed by atoms with Crippen LogP contribution in [0, 0.1) is 13.8 Å². The summed E-state index contributed by atoms with van der Waals surface area (Å²) in [4.78, 5) is 0. The molecular formula is C20H24O3. The van der Waals surface area contributed by atoms with Gasteiger partial charge in [0.2, 0.25) is 0 Å². The van der Waals surface area contributed by atoms with E-state index >= 15 is 0 Å². The molecule has 1 aliphatic rings. The van der Waals surface area contributed by atoms with Gasteiger partial charge < -0.3 is 14.6 Å². The van der Waals surface area contributed by atoms with E-state index in [-0.39, 0.29) is 12.9 Å². The minimum atomic E-state index is -0.197. The highest BCUT2D eigenvalue weighted by molar-refractivity contribution is 5.72. The third-order valence-corrected chi connectivity index (χ3v) is 4.55. The monoisotopic (exact) mass is 312 g/mol. The number of hydrogen-bond donors (Lipinski definition) is 1. The van der Waals surface area contributed by atoms with Crippen LogP contribution in [0.15, 0.2) is 36.4 Å². The Morgan fingerprint density at radius 1 is 1.09 bits per heavy atom. The second kappa shape index (κ2) is 7.16. The molecule has 1 unspecified atom stereocenters. The van der Waals surface area contributed by atoms with Crippen molar-refractivity contribution in [3.05, 3.63) is 53.1 Å². The van der Waals surface area contributed by atoms with Crippen molar-refractivity contribution in [2.24, 2.45) is 0 Å². The van der Waals surface area contributed by atoms with E-state index in [1.165, 1.54) is 11.1 Å². The summed E-state index contributed by atoms with van der Waals surface area (Å²) in [5.74, 6) is 0.731. The Labute approximate surface area is 137 Å². The van der Waals surface area contributed by atoms with E-state index in [9.17, 15) is 5.11 Å². The van der Waals surface area contributed by atoms with Crippen molar-refractivity contribution < 1.29 is 14.6 Å². The summed E-state index contributed by atoms with van der Waals surface area (Å²) in [5.41, 5.74) is 5.48. The van der Waals surface area contributed by atoms with Gasteiger partial charge in [-0.1, -0.05) is 30.3 Å². The van der Waals surface area contributed by atoms with Crippen molar-refractivity contribution in [2.45, 2.75) is 46.0 Å². The molecule has 3 nitrogen and oxygen atoms in total. The van der Waals surface area contributed by atoms with E-state index < -0.39 is 0 Å². The standard InChI is InChI=1S/C20H24O3/c1-14-7-3-4-8-16(14)17-10-11-19(18(13-21)15(17)2)23-20-9-5-6-12-22-20/h3-4,7-8,10-11,20-21H,5-6,9,12-13H2,1-2H3. The minimum Gasteiger partial charge on any atom is -0.465 e. The third kappa shape index (κ3) is 3.41. The lowest BCUT2D eigenvalue weighted by Gasteiger charge is -2.25. The summed E-state index contributed by atoms with van der Waals surface area (Å²) in [6, 6.07) is 12.3. The first-order chi connectivity index (χ1) is 11.2. The normalized spacial score (nSPS) is 18.0. The van der Waals surface area contributed by atoms with Crippen LogP contribution in [0.5, 0.6) is 5.75 Å². The number of aryl methyl sites for hydroxylation is 1. The Balaban J connectivity index is 1.94. The van der Waals surface area contributed by atoms with Crippen LogP contribution in [0.4, 0.5) is 0 Å². The highest BCUT2D eigenvalue weighted by Crippen LogP contribution is 2.34. The minimum absolute atomic E-state index is 0.0341. The molecule has 1 fully saturated rings. The molecule has 3 rings (SSSR count). The van der Waals surface area contributed by atoms with E-state index in [0.29, 0.717) is 0 Å². The van der Waals surface area contributed by atoms with Gasteiger partial charge >= 0.3 is 0 Å². The number of aliphatic hydroxyl groups excluding tert-OH is 1. The first-order valence-electron chi connectivity index (χ1n) is 8.28. The smallest absolute Gasteiger partial charge is 0.199 e. The summed E-state index contributed by atoms with van der Waals surface area (Å²) < 4.78 is 11.6. The summed E-state index contributed by atoms with van der Waals surface area (Å²) in [6.07, 6.45) is 2.93. The maximum absolute atomic E-state index is 9.85. The van der Waals surface area contributed by atoms with Gasteiger partial charge in [-0.15, -0.1) is 0 Å². The second-order valence-corrected chi connectivity index (χ2v) is 6.10. The third-order valence-electron chi connectivity index (χ3n) is 4.55. The lowest BCUT2D eigenvalue weighted by Crippen LogP contribution is -2.25. The molecule has 1 atom stereocenters. The van der Waals surface area contributed by atoms with Crippen LogP contribution in [-0.4, -0.2) is 18.0 Å². The zero-order valence-corrected chi connectivity index (χ0v) is 13.8. The van der Waals surface area contributed by atoms with E-state index in [1.54, 1.807) is 0 Å². The maximum atomic E-state index is 9.85. The van der Waals surface area contributed by atoms with Crippen molar-refractivity contribution >= 4 is 0 Å². The lowest BCUT2D eigenvalue weighted by atomic mass is 9.93. The van der Waals surface area contributed by atoms with Gasteiger partial charge in [0, 0.05) is 12.0 Å². The highest BCUT2D eigenvalue weighted by Gasteiger charge is 2.19. The van der Waals surface area contributed by atoms with Crippen molar-refractivity contribution in [3.8, 4) is 16.9 Å². The summed E-state index contributed by atoms with van der Waals surface area (Å²) in [7, 11) is 0. The summed E-state index contributed by atoms with van der Waals surface area (Å²) >= 11 is 0. The van der Waals surface area contributed by atoms with Gasteiger partial charge in [-0.2, -0.15) is 0 Å². The van der Waals surface area contributed by atoms with Gasteiger partial charge in [0.25, 0.3) is 0 Å². The molecule has 2 aromatic rings. The largest absolute Gasteiger partial charge is 0.465 e. The molecule has 1 saturated heterocycles. The summed E-state index contributed by atoms with van der Waals surface area (Å²) in [6.45, 7) is 4.86. The number of hydrogen-bond acceptors (Lipinski definition) is 3. The Bertz CT molecular complexity index is 673. The van der Waals surface area contributed by atoms with E-state index in [1.807, 2.05) is 25.1 Å². The average molecular weight is 312 g/mol. The molecule has 0 aromatic heterocycles. The molecule has 0 saturated carbocycles. The number of ether oxygens (including phenoxy) is 2. The molecule has 1 N–H and O–H groups in total. The fourth-order valence-electron chi connectivity index (χ4n) is 3.15. The quantitative estimate of drug-likeness (QED) is 0.911. The molecule has 122 valence electrons. The van der Waals surface area contributed by atoms with Crippen LogP contribution in [0.3, 0.4) is 0 Å². The van der Waals surface area contributed by atoms with Crippen LogP contribution in [0.1, 0.15) is 36.0 Å². The molecule has 0 bridgehead atoms. The van der Waals surface area contributed by atoms with Gasteiger partial charge in [-0.25, -0.2) is 0 Å².